The number of hydrogen-bond acceptors (Lipinski definition) is 5. The number of nitrogens with zero attached hydrogens (tertiary/aromatic N) is 2. The number of rotatable bonds is 1. The maximum absolute atomic E-state index is 7.18. The Bertz CT molecular complexity index is 266. The van der Waals surface area contributed by atoms with Gasteiger partial charge < -0.3 is 0 Å². The van der Waals surface area contributed by atoms with Crippen LogP contribution in [0.2, 0.25) is 0 Å². The molecule has 1 aliphatic rings. The Morgan fingerprint density at radius 1 is 1.27 bits per heavy atom. The van der Waals surface area contributed by atoms with Crippen LogP contribution in [0, 0.1) is 5.41 Å². The molecule has 1 saturated heterocycles. The summed E-state index contributed by atoms with van der Waals surface area (Å²) in [6.45, 7) is 0. The van der Waals surface area contributed by atoms with Gasteiger partial charge in [0, 0.05) is 12.4 Å². The van der Waals surface area contributed by atoms with Crippen molar-refractivity contribution in [2.24, 2.45) is 0 Å². The fourth-order valence-corrected chi connectivity index (χ4v) is 2.47. The molecule has 1 aliphatic heterocycles. The first kappa shape index (κ1) is 7.12. The average molecular weight is 183 g/mol. The largest absolute Gasteiger partial charge is 0.288 e. The van der Waals surface area contributed by atoms with Crippen LogP contribution in [0.3, 0.4) is 0 Å². The van der Waals surface area contributed by atoms with Crippen LogP contribution in [-0.2, 0) is 0 Å². The molecular weight excluding hydrogens is 178 g/mol. The Hall–Kier alpha value is -0.550. The molecule has 0 aliphatic carbocycles. The van der Waals surface area contributed by atoms with Crippen LogP contribution in [0.4, 0.5) is 0 Å². The summed E-state index contributed by atoms with van der Waals surface area (Å²) in [6.07, 6.45) is 3.46. The summed E-state index contributed by atoms with van der Waals surface area (Å²) >= 11 is 3.01. The Kier molecular flexibility index (Phi) is 1.83. The van der Waals surface area contributed by atoms with Gasteiger partial charge in [-0.1, -0.05) is 23.5 Å². The summed E-state index contributed by atoms with van der Waals surface area (Å²) in [5.74, 6) is 0.818. The molecule has 0 saturated carbocycles. The predicted molar refractivity (Wildman–Crippen MR) is 47.7 cm³/mol. The average Bonchev–Trinajstić information content (AvgIpc) is 2.01. The highest BCUT2D eigenvalue weighted by Crippen LogP contribution is 2.51. The highest BCUT2D eigenvalue weighted by Gasteiger charge is 2.29. The SMILES string of the molecule is N=C1SC(c2ncccn2)S1. The minimum Gasteiger partial charge on any atom is -0.288 e. The molecule has 5 heteroatoms. The quantitative estimate of drug-likeness (QED) is 0.722. The molecule has 0 atom stereocenters. The van der Waals surface area contributed by atoms with E-state index < -0.39 is 0 Å². The Morgan fingerprint density at radius 3 is 2.45 bits per heavy atom. The molecule has 3 nitrogen and oxygen atoms in total. The maximum atomic E-state index is 7.18. The molecular formula is C6H5N3S2. The highest BCUT2D eigenvalue weighted by molar-refractivity contribution is 8.52. The summed E-state index contributed by atoms with van der Waals surface area (Å²) in [6, 6.07) is 1.79. The second-order valence-corrected chi connectivity index (χ2v) is 4.75. The molecule has 1 aromatic heterocycles. The molecule has 0 aromatic carbocycles. The van der Waals surface area contributed by atoms with Crippen LogP contribution >= 0.6 is 23.5 Å². The second-order valence-electron chi connectivity index (χ2n) is 1.96. The number of aromatic nitrogens is 2. The van der Waals surface area contributed by atoms with Crippen LogP contribution in [0.15, 0.2) is 18.5 Å². The monoisotopic (exact) mass is 183 g/mol. The van der Waals surface area contributed by atoms with Crippen molar-refractivity contribution in [1.29, 1.82) is 5.41 Å². The second kappa shape index (κ2) is 2.83. The molecule has 2 rings (SSSR count). The lowest BCUT2D eigenvalue weighted by atomic mass is 10.6. The maximum Gasteiger partial charge on any atom is 0.152 e. The van der Waals surface area contributed by atoms with Crippen molar-refractivity contribution >= 4 is 27.9 Å². The Labute approximate surface area is 72.5 Å². The van der Waals surface area contributed by atoms with E-state index in [1.165, 1.54) is 23.5 Å². The van der Waals surface area contributed by atoms with E-state index in [2.05, 4.69) is 9.97 Å². The smallest absolute Gasteiger partial charge is 0.152 e. The molecule has 1 fully saturated rings. The minimum absolute atomic E-state index is 0.253. The summed E-state index contributed by atoms with van der Waals surface area (Å²) < 4.78 is 0.908. The van der Waals surface area contributed by atoms with Crippen LogP contribution in [0.25, 0.3) is 0 Å². The van der Waals surface area contributed by atoms with E-state index in [4.69, 9.17) is 5.41 Å². The Balaban J connectivity index is 2.13. The van der Waals surface area contributed by atoms with Gasteiger partial charge in [0.1, 0.15) is 8.96 Å². The van der Waals surface area contributed by atoms with E-state index in [0.29, 0.717) is 4.38 Å². The zero-order valence-electron chi connectivity index (χ0n) is 5.52. The molecule has 1 N–H and O–H groups in total. The van der Waals surface area contributed by atoms with Crippen LogP contribution < -0.4 is 0 Å². The van der Waals surface area contributed by atoms with Gasteiger partial charge in [0.05, 0.1) is 0 Å². The lowest BCUT2D eigenvalue weighted by Gasteiger charge is -2.22. The van der Waals surface area contributed by atoms with Gasteiger partial charge in [-0.05, 0) is 6.07 Å². The van der Waals surface area contributed by atoms with Gasteiger partial charge in [0.15, 0.2) is 5.82 Å². The topological polar surface area (TPSA) is 49.6 Å². The van der Waals surface area contributed by atoms with Crippen LogP contribution in [-0.4, -0.2) is 14.3 Å². The van der Waals surface area contributed by atoms with E-state index in [1.807, 2.05) is 0 Å². The van der Waals surface area contributed by atoms with Crippen molar-refractivity contribution in [3.05, 3.63) is 24.3 Å². The van der Waals surface area contributed by atoms with E-state index in [1.54, 1.807) is 18.5 Å². The van der Waals surface area contributed by atoms with Crippen molar-refractivity contribution in [3.8, 4) is 0 Å². The normalized spacial score (nSPS) is 22.9. The zero-order valence-corrected chi connectivity index (χ0v) is 7.15. The van der Waals surface area contributed by atoms with Gasteiger partial charge in [0.25, 0.3) is 0 Å². The summed E-state index contributed by atoms with van der Waals surface area (Å²) in [4.78, 5) is 8.17. The third kappa shape index (κ3) is 1.39. The number of thioether (sulfide) groups is 2. The zero-order chi connectivity index (χ0) is 7.68. The van der Waals surface area contributed by atoms with E-state index >= 15 is 0 Å². The van der Waals surface area contributed by atoms with E-state index in [-0.39, 0.29) is 4.58 Å². The summed E-state index contributed by atoms with van der Waals surface area (Å²) in [5, 5.41) is 7.18. The highest BCUT2D eigenvalue weighted by atomic mass is 32.3. The molecule has 0 bridgehead atoms. The van der Waals surface area contributed by atoms with Gasteiger partial charge in [-0.2, -0.15) is 0 Å². The fourth-order valence-electron chi connectivity index (χ4n) is 0.741. The molecule has 0 unspecified atom stereocenters. The molecule has 1 aromatic rings. The molecule has 2 heterocycles. The Morgan fingerprint density at radius 2 is 1.91 bits per heavy atom. The van der Waals surface area contributed by atoms with Gasteiger partial charge >= 0.3 is 0 Å². The first-order valence-electron chi connectivity index (χ1n) is 3.05. The third-order valence-electron chi connectivity index (χ3n) is 1.22. The van der Waals surface area contributed by atoms with Crippen molar-refractivity contribution in [3.63, 3.8) is 0 Å². The van der Waals surface area contributed by atoms with Crippen LogP contribution in [0.1, 0.15) is 10.4 Å². The van der Waals surface area contributed by atoms with Crippen molar-refractivity contribution in [2.45, 2.75) is 4.58 Å². The fraction of sp³-hybridized carbons (Fsp3) is 0.167. The predicted octanol–water partition coefficient (Wildman–Crippen LogP) is 1.89. The van der Waals surface area contributed by atoms with Crippen LogP contribution in [0.5, 0.6) is 0 Å². The molecule has 0 amide bonds. The van der Waals surface area contributed by atoms with Gasteiger partial charge in [-0.3, -0.25) is 5.41 Å². The van der Waals surface area contributed by atoms with E-state index in [0.717, 1.165) is 5.82 Å². The molecule has 0 spiro atoms. The standard InChI is InChI=1S/C6H5N3S2/c7-6-10-5(11-6)4-8-2-1-3-9-4/h1-3,5,7H. The van der Waals surface area contributed by atoms with Crippen molar-refractivity contribution < 1.29 is 0 Å². The summed E-state index contributed by atoms with van der Waals surface area (Å²) in [5.41, 5.74) is 0. The number of hydrogen-bond donors (Lipinski definition) is 1. The van der Waals surface area contributed by atoms with Gasteiger partial charge in [0.2, 0.25) is 0 Å². The van der Waals surface area contributed by atoms with Crippen molar-refractivity contribution in [2.75, 3.05) is 0 Å². The van der Waals surface area contributed by atoms with E-state index in [9.17, 15) is 0 Å². The minimum atomic E-state index is 0.253. The first-order valence-corrected chi connectivity index (χ1v) is 4.81. The molecule has 11 heavy (non-hydrogen) atoms. The third-order valence-corrected chi connectivity index (χ3v) is 3.66. The molecule has 56 valence electrons. The van der Waals surface area contributed by atoms with Crippen molar-refractivity contribution in [1.82, 2.24) is 9.97 Å². The lowest BCUT2D eigenvalue weighted by molar-refractivity contribution is 1.02. The molecule has 0 radical (unpaired) electrons. The lowest BCUT2D eigenvalue weighted by Crippen LogP contribution is -2.08. The van der Waals surface area contributed by atoms with Gasteiger partial charge in [-0.25, -0.2) is 9.97 Å². The number of nitrogens with one attached hydrogen (secondary N) is 1. The van der Waals surface area contributed by atoms with Gasteiger partial charge in [-0.15, -0.1) is 0 Å². The first-order chi connectivity index (χ1) is 5.36. The summed E-state index contributed by atoms with van der Waals surface area (Å²) in [7, 11) is 0.